The van der Waals surface area contributed by atoms with Gasteiger partial charge < -0.3 is 64.5 Å². The third kappa shape index (κ3) is 13.8. The lowest BCUT2D eigenvalue weighted by atomic mass is 9.81. The maximum Gasteiger partial charge on any atom is 0.329 e. The molecular weight excluding hydrogens is 827 g/mol. The van der Waals surface area contributed by atoms with Crippen LogP contribution in [-0.2, 0) is 42.8 Å². The second kappa shape index (κ2) is 24.6. The Bertz CT molecular complexity index is 1660. The summed E-state index contributed by atoms with van der Waals surface area (Å²) in [6.07, 6.45) is 2.27. The average Bonchev–Trinajstić information content (AvgIpc) is 3.25. The van der Waals surface area contributed by atoms with Gasteiger partial charge in [-0.15, -0.1) is 0 Å². The van der Waals surface area contributed by atoms with Crippen molar-refractivity contribution in [3.05, 3.63) is 35.6 Å². The number of cyclic esters (lactones) is 1. The number of methoxy groups -OCH3 is 3. The number of rotatable bonds is 11. The smallest absolute Gasteiger partial charge is 0.329 e. The van der Waals surface area contributed by atoms with Crippen LogP contribution in [0.1, 0.15) is 112 Å². The fourth-order valence-electron chi connectivity index (χ4n) is 10.3. The molecule has 0 aromatic carbocycles. The summed E-state index contributed by atoms with van der Waals surface area (Å²) in [7, 11) is 4.71. The Hall–Kier alpha value is -3.06. The van der Waals surface area contributed by atoms with Gasteiger partial charge in [-0.05, 0) is 95.5 Å². The molecular formula is C48H79N3O13. The number of carbonyl (C=O) groups excluding carboxylic acids is 3. The van der Waals surface area contributed by atoms with Crippen molar-refractivity contribution in [2.75, 3.05) is 41.1 Å². The number of nitrogens with zero attached hydrogens (tertiary/aromatic N) is 1. The standard InChI is InChI=1S/C48H79N3O13/c1-27-19-28(2)21-41(60-9)44-42(61-10)23-30(4)48(58,64-44)45(55)46(56)51-16-12-11-13-37(51)47(57)63-43(29(3)22-34-14-15-39(62-18-17-52)40(25-34)59-8)32(6)38(54)26-36(49)35(20-27)24-31(5)50-33(7)53/h20,22,28,30,32,34-35,37-45,49,52,54-55,58H,5,11-19,21,23-26H2,1-4,6-10H3,(H,50,53)/b27-20+,29-22+,49-36?/t28-,30+,32+,34-,35-,37-,38-,39+,40+,41-,42-,43+,44+,45?,48+/m0/s1. The Balaban J connectivity index is 1.79. The van der Waals surface area contributed by atoms with Crippen LogP contribution in [0.25, 0.3) is 0 Å². The SMILES string of the molecule is C=C(C[C@@H]1/C=C(\C)C[C@H](C)C[C@H](OC)[C@H]2O[C@@](O)(C(O)C(=O)N3CCCC[C@H]3C(=O)O[C@H](/C(C)=C/[C@@H]3CC[C@@H](OCCO)[C@H](OC)C3)[C@H](C)[C@@H](O)CC1=N)[C@H](C)C[C@@H]2OC)NC(C)=O. The maximum atomic E-state index is 14.5. The van der Waals surface area contributed by atoms with E-state index < -0.39 is 78.1 Å². The maximum absolute atomic E-state index is 14.5. The summed E-state index contributed by atoms with van der Waals surface area (Å²) >= 11 is 0. The molecule has 364 valence electrons. The largest absolute Gasteiger partial charge is 0.456 e. The first-order chi connectivity index (χ1) is 30.3. The molecule has 0 aromatic heterocycles. The van der Waals surface area contributed by atoms with Gasteiger partial charge in [-0.25, -0.2) is 4.79 Å². The molecule has 3 aliphatic heterocycles. The van der Waals surface area contributed by atoms with E-state index in [2.05, 4.69) is 11.9 Å². The molecule has 6 N–H and O–H groups in total. The van der Waals surface area contributed by atoms with E-state index in [1.54, 1.807) is 35.2 Å². The number of aliphatic hydroxyl groups is 4. The molecule has 1 saturated carbocycles. The van der Waals surface area contributed by atoms with Crippen molar-refractivity contribution < 1.29 is 63.2 Å². The quantitative estimate of drug-likeness (QED) is 0.125. The van der Waals surface area contributed by atoms with Gasteiger partial charge in [0, 0.05) is 70.4 Å². The fraction of sp³-hybridized carbons (Fsp3) is 0.792. The number of piperidine rings is 1. The van der Waals surface area contributed by atoms with E-state index in [1.165, 1.54) is 11.8 Å². The summed E-state index contributed by atoms with van der Waals surface area (Å²) in [5.41, 5.74) is 2.27. The van der Waals surface area contributed by atoms with Gasteiger partial charge in [0.05, 0.1) is 43.7 Å². The van der Waals surface area contributed by atoms with Gasteiger partial charge in [0.2, 0.25) is 11.7 Å². The zero-order chi connectivity index (χ0) is 47.5. The number of amides is 2. The number of fused-ring (bicyclic) bond motifs is 3. The number of aliphatic hydroxyl groups excluding tert-OH is 3. The molecule has 15 atom stereocenters. The van der Waals surface area contributed by atoms with Crippen LogP contribution in [0.2, 0.25) is 0 Å². The first kappa shape index (κ1) is 53.6. The Morgan fingerprint density at radius 1 is 0.984 bits per heavy atom. The van der Waals surface area contributed by atoms with E-state index in [9.17, 15) is 40.2 Å². The number of nitrogens with one attached hydrogen (secondary N) is 2. The van der Waals surface area contributed by atoms with Crippen LogP contribution in [0, 0.1) is 35.0 Å². The highest BCUT2D eigenvalue weighted by Crippen LogP contribution is 2.41. The van der Waals surface area contributed by atoms with Crippen LogP contribution in [0.4, 0.5) is 0 Å². The summed E-state index contributed by atoms with van der Waals surface area (Å²) in [4.78, 5) is 42.3. The minimum Gasteiger partial charge on any atom is -0.456 e. The summed E-state index contributed by atoms with van der Waals surface area (Å²) in [5.74, 6) is -6.22. The third-order valence-electron chi connectivity index (χ3n) is 13.9. The van der Waals surface area contributed by atoms with E-state index in [0.29, 0.717) is 49.8 Å². The van der Waals surface area contributed by atoms with Crippen LogP contribution in [0.5, 0.6) is 0 Å². The minimum atomic E-state index is -2.34. The topological polar surface area (TPSA) is 227 Å². The van der Waals surface area contributed by atoms with Crippen molar-refractivity contribution in [2.24, 2.45) is 29.6 Å². The molecule has 16 heteroatoms. The molecule has 2 amide bonds. The van der Waals surface area contributed by atoms with Crippen molar-refractivity contribution in [1.29, 1.82) is 5.41 Å². The summed E-state index contributed by atoms with van der Waals surface area (Å²) in [6.45, 7) is 15.0. The van der Waals surface area contributed by atoms with E-state index >= 15 is 0 Å². The lowest BCUT2D eigenvalue weighted by Gasteiger charge is -2.49. The molecule has 4 rings (SSSR count). The average molecular weight is 906 g/mol. The third-order valence-corrected chi connectivity index (χ3v) is 13.9. The van der Waals surface area contributed by atoms with Gasteiger partial charge in [0.1, 0.15) is 18.2 Å². The van der Waals surface area contributed by atoms with Crippen molar-refractivity contribution in [3.8, 4) is 0 Å². The Morgan fingerprint density at radius 2 is 1.66 bits per heavy atom. The van der Waals surface area contributed by atoms with E-state index in [0.717, 1.165) is 12.0 Å². The molecule has 2 saturated heterocycles. The highest BCUT2D eigenvalue weighted by Gasteiger charge is 2.56. The van der Waals surface area contributed by atoms with Crippen LogP contribution in [0.3, 0.4) is 0 Å². The molecule has 64 heavy (non-hydrogen) atoms. The molecule has 4 aliphatic rings. The van der Waals surface area contributed by atoms with Crippen molar-refractivity contribution in [2.45, 2.75) is 173 Å². The van der Waals surface area contributed by atoms with Gasteiger partial charge in [-0.2, -0.15) is 0 Å². The van der Waals surface area contributed by atoms with Crippen LogP contribution >= 0.6 is 0 Å². The zero-order valence-corrected chi connectivity index (χ0v) is 39.8. The number of ether oxygens (including phenoxy) is 6. The lowest BCUT2D eigenvalue weighted by molar-refractivity contribution is -0.346. The van der Waals surface area contributed by atoms with Crippen molar-refractivity contribution in [3.63, 3.8) is 0 Å². The number of hydrogen-bond donors (Lipinski definition) is 6. The predicted molar refractivity (Wildman–Crippen MR) is 240 cm³/mol. The Kier molecular flexibility index (Phi) is 20.6. The second-order valence-electron chi connectivity index (χ2n) is 19.0. The molecule has 1 aliphatic carbocycles. The van der Waals surface area contributed by atoms with Gasteiger partial charge >= 0.3 is 5.97 Å². The molecule has 2 bridgehead atoms. The fourth-order valence-corrected chi connectivity index (χ4v) is 10.3. The lowest BCUT2D eigenvalue weighted by Crippen LogP contribution is -2.66. The minimum absolute atomic E-state index is 0.00505. The summed E-state index contributed by atoms with van der Waals surface area (Å²) in [6, 6.07) is -1.10. The monoisotopic (exact) mass is 906 g/mol. The number of carbonyl (C=O) groups is 3. The first-order valence-electron chi connectivity index (χ1n) is 23.2. The molecule has 0 aromatic rings. The van der Waals surface area contributed by atoms with E-state index in [4.69, 9.17) is 28.4 Å². The van der Waals surface area contributed by atoms with Crippen molar-refractivity contribution in [1.82, 2.24) is 10.2 Å². The zero-order valence-electron chi connectivity index (χ0n) is 39.8. The van der Waals surface area contributed by atoms with Crippen LogP contribution in [0.15, 0.2) is 35.6 Å². The van der Waals surface area contributed by atoms with E-state index in [-0.39, 0.29) is 81.1 Å². The van der Waals surface area contributed by atoms with Gasteiger partial charge in [-0.1, -0.05) is 45.1 Å². The predicted octanol–water partition coefficient (Wildman–Crippen LogP) is 4.36. The van der Waals surface area contributed by atoms with Gasteiger partial charge in [-0.3, -0.25) is 9.59 Å². The molecule has 16 nitrogen and oxygen atoms in total. The van der Waals surface area contributed by atoms with Gasteiger partial charge in [0.25, 0.3) is 5.91 Å². The Labute approximate surface area is 380 Å². The number of esters is 1. The van der Waals surface area contributed by atoms with Crippen molar-refractivity contribution >= 4 is 23.5 Å². The summed E-state index contributed by atoms with van der Waals surface area (Å²) in [5, 5.41) is 57.6. The molecule has 0 radical (unpaired) electrons. The number of hydrogen-bond acceptors (Lipinski definition) is 14. The molecule has 3 heterocycles. The molecule has 1 unspecified atom stereocenters. The van der Waals surface area contributed by atoms with Crippen LogP contribution in [-0.4, -0.2) is 151 Å². The normalized spacial score (nSPS) is 38.8. The highest BCUT2D eigenvalue weighted by molar-refractivity contribution is 5.88. The highest BCUT2D eigenvalue weighted by atomic mass is 16.7. The van der Waals surface area contributed by atoms with Gasteiger partial charge in [0.15, 0.2) is 6.10 Å². The first-order valence-corrected chi connectivity index (χ1v) is 23.2. The second-order valence-corrected chi connectivity index (χ2v) is 19.0. The van der Waals surface area contributed by atoms with Crippen LogP contribution < -0.4 is 5.32 Å². The molecule has 3 fully saturated rings. The Morgan fingerprint density at radius 3 is 2.30 bits per heavy atom. The number of allylic oxidation sites excluding steroid dienone is 4. The summed E-state index contributed by atoms with van der Waals surface area (Å²) < 4.78 is 36.3. The molecule has 0 spiro atoms. The van der Waals surface area contributed by atoms with E-state index in [1.807, 2.05) is 32.9 Å².